The third-order valence-corrected chi connectivity index (χ3v) is 4.20. The number of carbonyl (C=O) groups excluding carboxylic acids is 1. The minimum Gasteiger partial charge on any atom is -0.486 e. The Labute approximate surface area is 155 Å². The molecular formula is C20H18N2O5. The molecule has 0 saturated carbocycles. The highest BCUT2D eigenvalue weighted by Crippen LogP contribution is 2.30. The van der Waals surface area contributed by atoms with Crippen molar-refractivity contribution in [3.05, 3.63) is 69.8 Å². The predicted molar refractivity (Wildman–Crippen MR) is 97.1 cm³/mol. The first-order valence-electron chi connectivity index (χ1n) is 8.61. The van der Waals surface area contributed by atoms with Gasteiger partial charge in [-0.2, -0.15) is 0 Å². The molecule has 0 N–H and O–H groups in total. The molecule has 0 fully saturated rings. The summed E-state index contributed by atoms with van der Waals surface area (Å²) >= 11 is 0. The van der Waals surface area contributed by atoms with Crippen LogP contribution in [0.15, 0.2) is 47.4 Å². The second-order valence-corrected chi connectivity index (χ2v) is 6.34. The molecule has 0 spiro atoms. The molecule has 3 aromatic rings. The lowest BCUT2D eigenvalue weighted by molar-refractivity contribution is -0.144. The van der Waals surface area contributed by atoms with Crippen LogP contribution in [0.5, 0.6) is 11.5 Å². The summed E-state index contributed by atoms with van der Waals surface area (Å²) in [5, 5.41) is 0. The Balaban J connectivity index is 1.43. The molecule has 0 bridgehead atoms. The molecule has 0 radical (unpaired) electrons. The second-order valence-electron chi connectivity index (χ2n) is 6.34. The van der Waals surface area contributed by atoms with E-state index in [1.165, 1.54) is 10.5 Å². The van der Waals surface area contributed by atoms with E-state index in [1.807, 2.05) is 13.0 Å². The van der Waals surface area contributed by atoms with Crippen LogP contribution >= 0.6 is 0 Å². The highest BCUT2D eigenvalue weighted by Gasteiger charge is 2.14. The second kappa shape index (κ2) is 7.11. The zero-order chi connectivity index (χ0) is 18.8. The average Bonchev–Trinajstić information content (AvgIpc) is 2.67. The lowest BCUT2D eigenvalue weighted by Crippen LogP contribution is -2.17. The minimum atomic E-state index is -0.405. The van der Waals surface area contributed by atoms with Gasteiger partial charge in [-0.1, -0.05) is 12.1 Å². The third kappa shape index (κ3) is 3.76. The number of hydrogen-bond donors (Lipinski definition) is 0. The van der Waals surface area contributed by atoms with Crippen LogP contribution in [-0.4, -0.2) is 28.6 Å². The zero-order valence-electron chi connectivity index (χ0n) is 14.8. The fourth-order valence-corrected chi connectivity index (χ4v) is 2.90. The van der Waals surface area contributed by atoms with Crippen molar-refractivity contribution in [3.8, 4) is 11.5 Å². The average molecular weight is 366 g/mol. The van der Waals surface area contributed by atoms with E-state index in [0.717, 1.165) is 11.1 Å². The zero-order valence-corrected chi connectivity index (χ0v) is 14.8. The number of aryl methyl sites for hydroxylation is 1. The van der Waals surface area contributed by atoms with Crippen molar-refractivity contribution in [3.63, 3.8) is 0 Å². The molecule has 27 heavy (non-hydrogen) atoms. The van der Waals surface area contributed by atoms with Gasteiger partial charge in [-0.3, -0.25) is 14.0 Å². The fraction of sp³-hybridized carbons (Fsp3) is 0.250. The summed E-state index contributed by atoms with van der Waals surface area (Å²) in [7, 11) is 0. The van der Waals surface area contributed by atoms with Gasteiger partial charge in [0.15, 0.2) is 11.5 Å². The van der Waals surface area contributed by atoms with Crippen molar-refractivity contribution in [1.29, 1.82) is 0 Å². The Morgan fingerprint density at radius 2 is 1.96 bits per heavy atom. The highest BCUT2D eigenvalue weighted by atomic mass is 16.6. The summed E-state index contributed by atoms with van der Waals surface area (Å²) in [5.41, 5.74) is 2.46. The molecule has 138 valence electrons. The smallest absolute Gasteiger partial charge is 0.310 e. The van der Waals surface area contributed by atoms with E-state index in [4.69, 9.17) is 14.2 Å². The topological polar surface area (TPSA) is 79.1 Å². The lowest BCUT2D eigenvalue weighted by Gasteiger charge is -2.18. The summed E-state index contributed by atoms with van der Waals surface area (Å²) in [4.78, 5) is 28.7. The number of fused-ring (bicyclic) bond motifs is 2. The molecule has 4 rings (SSSR count). The number of carbonyl (C=O) groups is 1. The highest BCUT2D eigenvalue weighted by molar-refractivity contribution is 5.73. The molecular weight excluding hydrogens is 348 g/mol. The summed E-state index contributed by atoms with van der Waals surface area (Å²) < 4.78 is 17.7. The van der Waals surface area contributed by atoms with E-state index in [2.05, 4.69) is 4.98 Å². The molecule has 2 aromatic heterocycles. The Hall–Kier alpha value is -3.35. The first-order valence-corrected chi connectivity index (χ1v) is 8.61. The molecule has 0 atom stereocenters. The van der Waals surface area contributed by atoms with E-state index in [-0.39, 0.29) is 18.6 Å². The number of esters is 1. The van der Waals surface area contributed by atoms with Gasteiger partial charge in [-0.05, 0) is 36.2 Å². The summed E-state index contributed by atoms with van der Waals surface area (Å²) in [6.45, 7) is 2.86. The van der Waals surface area contributed by atoms with Crippen LogP contribution in [0.3, 0.4) is 0 Å². The van der Waals surface area contributed by atoms with Crippen LogP contribution in [0.25, 0.3) is 5.65 Å². The number of pyridine rings is 1. The van der Waals surface area contributed by atoms with E-state index in [0.29, 0.717) is 36.1 Å². The van der Waals surface area contributed by atoms with E-state index >= 15 is 0 Å². The van der Waals surface area contributed by atoms with Crippen LogP contribution in [0.2, 0.25) is 0 Å². The molecule has 7 nitrogen and oxygen atoms in total. The number of ether oxygens (including phenoxy) is 3. The van der Waals surface area contributed by atoms with E-state index in [9.17, 15) is 9.59 Å². The molecule has 1 aliphatic heterocycles. The molecule has 3 heterocycles. The first-order chi connectivity index (χ1) is 13.1. The van der Waals surface area contributed by atoms with Gasteiger partial charge in [-0.15, -0.1) is 0 Å². The van der Waals surface area contributed by atoms with Crippen LogP contribution in [0, 0.1) is 6.92 Å². The molecule has 0 aliphatic carbocycles. The minimum absolute atomic E-state index is 0.0526. The quantitative estimate of drug-likeness (QED) is 0.658. The normalized spacial score (nSPS) is 12.8. The first kappa shape index (κ1) is 17.1. The van der Waals surface area contributed by atoms with Crippen molar-refractivity contribution in [1.82, 2.24) is 9.38 Å². The molecule has 0 unspecified atom stereocenters. The molecule has 7 heteroatoms. The lowest BCUT2D eigenvalue weighted by atomic mass is 10.1. The van der Waals surface area contributed by atoms with Gasteiger partial charge < -0.3 is 14.2 Å². The number of aromatic nitrogens is 2. The molecule has 1 aliphatic rings. The predicted octanol–water partition coefficient (Wildman–Crippen LogP) is 2.06. The summed E-state index contributed by atoms with van der Waals surface area (Å²) in [6.07, 6.45) is 1.82. The van der Waals surface area contributed by atoms with Crippen LogP contribution in [0.4, 0.5) is 0 Å². The monoisotopic (exact) mass is 366 g/mol. The maximum atomic E-state index is 12.2. The third-order valence-electron chi connectivity index (χ3n) is 4.20. The number of nitrogens with zero attached hydrogens (tertiary/aromatic N) is 2. The standard InChI is InChI=1S/C20H18N2O5/c1-13-2-5-18-21-15(10-19(23)22(18)11-13)12-27-20(24)9-14-3-4-16-17(8-14)26-7-6-25-16/h2-5,8,10-11H,6-7,9,12H2,1H3. The Morgan fingerprint density at radius 1 is 1.15 bits per heavy atom. The number of rotatable bonds is 4. The van der Waals surface area contributed by atoms with E-state index in [1.54, 1.807) is 30.5 Å². The van der Waals surface area contributed by atoms with Gasteiger partial charge in [0.25, 0.3) is 5.56 Å². The van der Waals surface area contributed by atoms with E-state index < -0.39 is 5.97 Å². The summed E-state index contributed by atoms with van der Waals surface area (Å²) in [5.74, 6) is 0.901. The van der Waals surface area contributed by atoms with Crippen molar-refractivity contribution >= 4 is 11.6 Å². The Morgan fingerprint density at radius 3 is 2.81 bits per heavy atom. The van der Waals surface area contributed by atoms with Gasteiger partial charge in [0.05, 0.1) is 12.1 Å². The van der Waals surface area contributed by atoms with Gasteiger partial charge >= 0.3 is 5.97 Å². The van der Waals surface area contributed by atoms with Gasteiger partial charge in [-0.25, -0.2) is 4.98 Å². The van der Waals surface area contributed by atoms with Crippen molar-refractivity contribution in [2.75, 3.05) is 13.2 Å². The van der Waals surface area contributed by atoms with Crippen LogP contribution in [-0.2, 0) is 22.6 Å². The Bertz CT molecular complexity index is 1070. The van der Waals surface area contributed by atoms with Gasteiger partial charge in [0.2, 0.25) is 0 Å². The van der Waals surface area contributed by atoms with Gasteiger partial charge in [0.1, 0.15) is 25.5 Å². The van der Waals surface area contributed by atoms with Gasteiger partial charge in [0, 0.05) is 12.3 Å². The number of hydrogen-bond acceptors (Lipinski definition) is 6. The largest absolute Gasteiger partial charge is 0.486 e. The fourth-order valence-electron chi connectivity index (χ4n) is 2.90. The molecule has 0 amide bonds. The molecule has 0 saturated heterocycles. The number of benzene rings is 1. The van der Waals surface area contributed by atoms with Crippen molar-refractivity contribution in [2.45, 2.75) is 20.0 Å². The Kier molecular flexibility index (Phi) is 4.50. The SMILES string of the molecule is Cc1ccc2nc(COC(=O)Cc3ccc4c(c3)OCCO4)cc(=O)n2c1. The van der Waals surface area contributed by atoms with Crippen molar-refractivity contribution in [2.24, 2.45) is 0 Å². The van der Waals surface area contributed by atoms with Crippen LogP contribution < -0.4 is 15.0 Å². The maximum Gasteiger partial charge on any atom is 0.310 e. The summed E-state index contributed by atoms with van der Waals surface area (Å²) in [6, 6.07) is 10.4. The van der Waals surface area contributed by atoms with Crippen molar-refractivity contribution < 1.29 is 19.0 Å². The molecule has 1 aromatic carbocycles. The maximum absolute atomic E-state index is 12.2. The van der Waals surface area contributed by atoms with Crippen LogP contribution in [0.1, 0.15) is 16.8 Å².